The highest BCUT2D eigenvalue weighted by Crippen LogP contribution is 2.19. The van der Waals surface area contributed by atoms with Crippen LogP contribution >= 0.6 is 0 Å². The summed E-state index contributed by atoms with van der Waals surface area (Å²) in [5.41, 5.74) is 1.60. The van der Waals surface area contributed by atoms with E-state index < -0.39 is 0 Å². The Morgan fingerprint density at radius 1 is 1.04 bits per heavy atom. The molecule has 1 amide bonds. The minimum Gasteiger partial charge on any atom is -0.494 e. The zero-order valence-electron chi connectivity index (χ0n) is 15.7. The fourth-order valence-corrected chi connectivity index (χ4v) is 2.24. The summed E-state index contributed by atoms with van der Waals surface area (Å²) in [6, 6.07) is 15.0. The van der Waals surface area contributed by atoms with Gasteiger partial charge < -0.3 is 20.1 Å². The molecule has 0 aliphatic rings. The topological polar surface area (TPSA) is 59.6 Å². The number of carbonyl (C=O) groups excluding carboxylic acids is 1. The lowest BCUT2D eigenvalue weighted by Gasteiger charge is -2.13. The van der Waals surface area contributed by atoms with E-state index in [0.29, 0.717) is 6.61 Å². The van der Waals surface area contributed by atoms with Gasteiger partial charge in [0, 0.05) is 17.4 Å². The lowest BCUT2D eigenvalue weighted by Crippen LogP contribution is -2.21. The molecule has 5 nitrogen and oxygen atoms in total. The molecule has 2 aromatic rings. The predicted octanol–water partition coefficient (Wildman–Crippen LogP) is 4.70. The molecule has 0 bridgehead atoms. The van der Waals surface area contributed by atoms with Crippen molar-refractivity contribution in [2.75, 3.05) is 23.8 Å². The van der Waals surface area contributed by atoms with Crippen LogP contribution in [-0.2, 0) is 4.79 Å². The molecule has 0 fully saturated rings. The summed E-state index contributed by atoms with van der Waals surface area (Å²) in [4.78, 5) is 12.1. The number of anilines is 2. The van der Waals surface area contributed by atoms with Gasteiger partial charge >= 0.3 is 0 Å². The van der Waals surface area contributed by atoms with Gasteiger partial charge in [0.2, 0.25) is 5.91 Å². The van der Waals surface area contributed by atoms with E-state index in [-0.39, 0.29) is 18.6 Å². The van der Waals surface area contributed by atoms with E-state index >= 15 is 0 Å². The quantitative estimate of drug-likeness (QED) is 0.648. The van der Waals surface area contributed by atoms with Crippen molar-refractivity contribution in [3.05, 3.63) is 48.5 Å². The van der Waals surface area contributed by atoms with Gasteiger partial charge in [0.1, 0.15) is 11.5 Å². The molecule has 1 unspecified atom stereocenters. The third kappa shape index (κ3) is 6.67. The van der Waals surface area contributed by atoms with E-state index in [1.165, 1.54) is 0 Å². The summed E-state index contributed by atoms with van der Waals surface area (Å²) in [5.74, 6) is 1.48. The highest BCUT2D eigenvalue weighted by molar-refractivity contribution is 5.93. The zero-order valence-corrected chi connectivity index (χ0v) is 15.7. The first-order valence-corrected chi connectivity index (χ1v) is 9.14. The Morgan fingerprint density at radius 3 is 2.50 bits per heavy atom. The molecule has 26 heavy (non-hydrogen) atoms. The summed E-state index contributed by atoms with van der Waals surface area (Å²) in [7, 11) is 0. The Bertz CT molecular complexity index is 686. The predicted molar refractivity (Wildman–Crippen MR) is 106 cm³/mol. The first-order chi connectivity index (χ1) is 12.6. The molecule has 140 valence electrons. The lowest BCUT2D eigenvalue weighted by atomic mass is 10.2. The Morgan fingerprint density at radius 2 is 1.81 bits per heavy atom. The fraction of sp³-hybridized carbons (Fsp3) is 0.381. The van der Waals surface area contributed by atoms with Gasteiger partial charge in [-0.2, -0.15) is 0 Å². The standard InChI is InChI=1S/C21H28N2O3/c1-4-13-25-20-8-6-7-18(14-20)23-21(24)15-22-17-9-11-19(12-10-17)26-16(3)5-2/h6-12,14,16,22H,4-5,13,15H2,1-3H3,(H,23,24). The number of amides is 1. The molecule has 0 heterocycles. The van der Waals surface area contributed by atoms with Gasteiger partial charge in [-0.05, 0) is 56.2 Å². The molecular weight excluding hydrogens is 328 g/mol. The summed E-state index contributed by atoms with van der Waals surface area (Å²) in [5, 5.41) is 5.98. The van der Waals surface area contributed by atoms with Crippen molar-refractivity contribution in [3.63, 3.8) is 0 Å². The third-order valence-corrected chi connectivity index (χ3v) is 3.81. The van der Waals surface area contributed by atoms with Gasteiger partial charge in [-0.15, -0.1) is 0 Å². The van der Waals surface area contributed by atoms with E-state index in [4.69, 9.17) is 9.47 Å². The summed E-state index contributed by atoms with van der Waals surface area (Å²) >= 11 is 0. The third-order valence-electron chi connectivity index (χ3n) is 3.81. The molecule has 0 spiro atoms. The summed E-state index contributed by atoms with van der Waals surface area (Å²) in [6.45, 7) is 7.03. The van der Waals surface area contributed by atoms with Crippen LogP contribution in [0.5, 0.6) is 11.5 Å². The fourth-order valence-electron chi connectivity index (χ4n) is 2.24. The van der Waals surface area contributed by atoms with Crippen molar-refractivity contribution in [1.82, 2.24) is 0 Å². The second-order valence-corrected chi connectivity index (χ2v) is 6.14. The average Bonchev–Trinajstić information content (AvgIpc) is 2.66. The van der Waals surface area contributed by atoms with Crippen LogP contribution in [0.2, 0.25) is 0 Å². The Kier molecular flexibility index (Phi) is 7.80. The van der Waals surface area contributed by atoms with Gasteiger partial charge in [0.05, 0.1) is 19.3 Å². The average molecular weight is 356 g/mol. The minimum absolute atomic E-state index is 0.113. The van der Waals surface area contributed by atoms with Gasteiger partial charge in [0.25, 0.3) is 0 Å². The maximum atomic E-state index is 12.1. The van der Waals surface area contributed by atoms with Crippen molar-refractivity contribution in [1.29, 1.82) is 0 Å². The maximum Gasteiger partial charge on any atom is 0.243 e. The smallest absolute Gasteiger partial charge is 0.243 e. The zero-order chi connectivity index (χ0) is 18.8. The van der Waals surface area contributed by atoms with Crippen molar-refractivity contribution in [2.45, 2.75) is 39.7 Å². The second-order valence-electron chi connectivity index (χ2n) is 6.14. The minimum atomic E-state index is -0.113. The Labute approximate surface area is 155 Å². The van der Waals surface area contributed by atoms with Crippen LogP contribution in [-0.4, -0.2) is 25.2 Å². The molecule has 0 saturated heterocycles. The van der Waals surface area contributed by atoms with E-state index in [0.717, 1.165) is 35.7 Å². The summed E-state index contributed by atoms with van der Waals surface area (Å²) < 4.78 is 11.3. The molecule has 0 aliphatic carbocycles. The molecule has 0 radical (unpaired) electrons. The highest BCUT2D eigenvalue weighted by Gasteiger charge is 2.05. The van der Waals surface area contributed by atoms with Crippen LogP contribution in [0.1, 0.15) is 33.6 Å². The van der Waals surface area contributed by atoms with Crippen LogP contribution in [0.15, 0.2) is 48.5 Å². The number of rotatable bonds is 10. The first-order valence-electron chi connectivity index (χ1n) is 9.14. The van der Waals surface area contributed by atoms with E-state index in [2.05, 4.69) is 24.5 Å². The number of carbonyl (C=O) groups is 1. The van der Waals surface area contributed by atoms with Crippen molar-refractivity contribution in [2.24, 2.45) is 0 Å². The van der Waals surface area contributed by atoms with E-state index in [1.54, 1.807) is 0 Å². The van der Waals surface area contributed by atoms with Gasteiger partial charge in [-0.3, -0.25) is 4.79 Å². The van der Waals surface area contributed by atoms with Crippen LogP contribution in [0.4, 0.5) is 11.4 Å². The van der Waals surface area contributed by atoms with E-state index in [1.807, 2.05) is 55.5 Å². The summed E-state index contributed by atoms with van der Waals surface area (Å²) in [6.07, 6.45) is 2.10. The number of hydrogen-bond acceptors (Lipinski definition) is 4. The molecule has 2 aromatic carbocycles. The number of hydrogen-bond donors (Lipinski definition) is 2. The SMILES string of the molecule is CCCOc1cccc(NC(=O)CNc2ccc(OC(C)CC)cc2)c1. The largest absolute Gasteiger partial charge is 0.494 e. The highest BCUT2D eigenvalue weighted by atomic mass is 16.5. The van der Waals surface area contributed by atoms with Crippen molar-refractivity contribution >= 4 is 17.3 Å². The number of benzene rings is 2. The van der Waals surface area contributed by atoms with Crippen LogP contribution in [0.25, 0.3) is 0 Å². The van der Waals surface area contributed by atoms with Gasteiger partial charge in [0.15, 0.2) is 0 Å². The maximum absolute atomic E-state index is 12.1. The van der Waals surface area contributed by atoms with E-state index in [9.17, 15) is 4.79 Å². The number of nitrogens with one attached hydrogen (secondary N) is 2. The monoisotopic (exact) mass is 356 g/mol. The van der Waals surface area contributed by atoms with Crippen LogP contribution < -0.4 is 20.1 Å². The molecule has 0 aromatic heterocycles. The molecule has 1 atom stereocenters. The van der Waals surface area contributed by atoms with Crippen molar-refractivity contribution < 1.29 is 14.3 Å². The molecule has 0 saturated carbocycles. The van der Waals surface area contributed by atoms with Gasteiger partial charge in [-0.1, -0.05) is 19.9 Å². The number of ether oxygens (including phenoxy) is 2. The van der Waals surface area contributed by atoms with Crippen molar-refractivity contribution in [3.8, 4) is 11.5 Å². The molecule has 2 rings (SSSR count). The molecule has 2 N–H and O–H groups in total. The van der Waals surface area contributed by atoms with Crippen LogP contribution in [0, 0.1) is 0 Å². The van der Waals surface area contributed by atoms with Gasteiger partial charge in [-0.25, -0.2) is 0 Å². The Hall–Kier alpha value is -2.69. The molecule has 5 heteroatoms. The normalized spacial score (nSPS) is 11.5. The first kappa shape index (κ1) is 19.6. The molecular formula is C21H28N2O3. The second kappa shape index (κ2) is 10.3. The Balaban J connectivity index is 1.81. The molecule has 0 aliphatic heterocycles. The lowest BCUT2D eigenvalue weighted by molar-refractivity contribution is -0.114. The van der Waals surface area contributed by atoms with Crippen LogP contribution in [0.3, 0.4) is 0 Å².